The molecule has 0 bridgehead atoms. The highest BCUT2D eigenvalue weighted by Crippen LogP contribution is 2.57. The average molecular weight is 1150 g/mol. The third-order valence-corrected chi connectivity index (χ3v) is 18.0. The van der Waals surface area contributed by atoms with E-state index in [-0.39, 0.29) is 12.1 Å². The van der Waals surface area contributed by atoms with Crippen LogP contribution >= 0.6 is 23.2 Å². The van der Waals surface area contributed by atoms with E-state index in [9.17, 15) is 0 Å². The third-order valence-electron chi connectivity index (χ3n) is 17.5. The van der Waals surface area contributed by atoms with Gasteiger partial charge >= 0.3 is 0 Å². The van der Waals surface area contributed by atoms with E-state index in [1.54, 1.807) is 0 Å². The van der Waals surface area contributed by atoms with Gasteiger partial charge < -0.3 is 9.80 Å². The molecule has 0 spiro atoms. The van der Waals surface area contributed by atoms with Crippen molar-refractivity contribution in [2.45, 2.75) is 26.2 Å². The van der Waals surface area contributed by atoms with Gasteiger partial charge in [0.2, 0.25) is 0 Å². The summed E-state index contributed by atoms with van der Waals surface area (Å²) in [5.41, 5.74) is 27.6. The van der Waals surface area contributed by atoms with Crippen molar-refractivity contribution in [2.75, 3.05) is 9.80 Å². The predicted molar refractivity (Wildman–Crippen MR) is 373 cm³/mol. The molecular formula is C82H59BCl2N2. The van der Waals surface area contributed by atoms with Gasteiger partial charge in [0.25, 0.3) is 6.71 Å². The molecule has 0 amide bonds. The van der Waals surface area contributed by atoms with Crippen LogP contribution in [0.15, 0.2) is 303 Å². The number of fused-ring (bicyclic) bond motifs is 4. The average Bonchev–Trinajstić information content (AvgIpc) is 0.701. The number of anilines is 6. The van der Waals surface area contributed by atoms with E-state index >= 15 is 0 Å². The van der Waals surface area contributed by atoms with Crippen LogP contribution in [0.2, 0.25) is 10.0 Å². The monoisotopic (exact) mass is 1150 g/mol. The van der Waals surface area contributed by atoms with Crippen LogP contribution in [-0.2, 0) is 5.41 Å². The molecule has 0 saturated heterocycles. The smallest absolute Gasteiger partial charge is 0.252 e. The zero-order chi connectivity index (χ0) is 58.8. The van der Waals surface area contributed by atoms with Crippen LogP contribution in [0.4, 0.5) is 34.1 Å². The first-order valence-corrected chi connectivity index (χ1v) is 30.7. The van der Waals surface area contributed by atoms with Crippen LogP contribution in [0.5, 0.6) is 0 Å². The molecule has 414 valence electrons. The lowest BCUT2D eigenvalue weighted by molar-refractivity contribution is 0.590. The van der Waals surface area contributed by atoms with E-state index in [1.165, 1.54) is 0 Å². The SMILES string of the molecule is CC(C)(C)c1cc2c3c(c1)N(c1c(-c4ccccc4)cc(-c4ccccc4)cc1-c1ccccc1)c1c(Cl)cc(-c4ccccc4)cc1B3c1cc(-c3ccccc3)cc(Cl)c1N2c1c(-c2ccccc2)cc(-c2ccccc2)cc1-c1ccccc1. The van der Waals surface area contributed by atoms with Crippen molar-refractivity contribution in [3.05, 3.63) is 319 Å². The Morgan fingerprint density at radius 3 is 0.759 bits per heavy atom. The molecule has 2 heterocycles. The van der Waals surface area contributed by atoms with Gasteiger partial charge in [0.05, 0.1) is 32.8 Å². The van der Waals surface area contributed by atoms with Crippen molar-refractivity contribution in [1.29, 1.82) is 0 Å². The Hall–Kier alpha value is -9.90. The lowest BCUT2D eigenvalue weighted by Crippen LogP contribution is -2.62. The summed E-state index contributed by atoms with van der Waals surface area (Å²) in [6, 6.07) is 110. The standard InChI is InChI=1S/C82H59BCl2N2/c1-82(2,3)66-52-75-77-76(53-66)87(79-69(60-40-24-10-25-41-60)46-63(55-30-14-5-15-31-55)47-70(79)61-42-26-11-27-43-61)81-72(49-65(51-74(81)85)57-34-18-7-19-35-57)83(77)71-48-64(56-32-16-6-17-33-56)50-73(84)80(71)86(75)78-67(58-36-20-8-21-37-58)44-62(54-28-12-4-13-29-54)45-68(78)59-38-22-9-23-39-59/h4-53H,1-3H3. The van der Waals surface area contributed by atoms with E-state index in [2.05, 4.69) is 334 Å². The molecule has 0 saturated carbocycles. The molecule has 87 heavy (non-hydrogen) atoms. The maximum absolute atomic E-state index is 8.32. The number of nitrogens with zero attached hydrogens (tertiary/aromatic N) is 2. The van der Waals surface area contributed by atoms with Gasteiger partial charge in [0.15, 0.2) is 0 Å². The largest absolute Gasteiger partial charge is 0.309 e. The Kier molecular flexibility index (Phi) is 13.7. The van der Waals surface area contributed by atoms with E-state index in [1.807, 2.05) is 0 Å². The van der Waals surface area contributed by atoms with Crippen LogP contribution in [0.3, 0.4) is 0 Å². The highest BCUT2D eigenvalue weighted by atomic mass is 35.5. The number of halogens is 2. The number of benzene rings is 13. The minimum Gasteiger partial charge on any atom is -0.309 e. The lowest BCUT2D eigenvalue weighted by atomic mass is 9.33. The topological polar surface area (TPSA) is 6.48 Å². The van der Waals surface area contributed by atoms with E-state index in [0.717, 1.165) is 145 Å². The molecule has 5 heteroatoms. The van der Waals surface area contributed by atoms with Gasteiger partial charge in [0.1, 0.15) is 0 Å². The van der Waals surface area contributed by atoms with Crippen LogP contribution < -0.4 is 26.2 Å². The molecule has 0 fully saturated rings. The van der Waals surface area contributed by atoms with Crippen LogP contribution in [-0.4, -0.2) is 6.71 Å². The Balaban J connectivity index is 1.15. The molecular weight excluding hydrogens is 1090 g/mol. The zero-order valence-corrected chi connectivity index (χ0v) is 50.1. The molecule has 2 nitrogen and oxygen atoms in total. The van der Waals surface area contributed by atoms with Crippen LogP contribution in [0, 0.1) is 0 Å². The third kappa shape index (κ3) is 9.65. The first-order chi connectivity index (χ1) is 42.6. The Bertz CT molecular complexity index is 4290. The first-order valence-electron chi connectivity index (χ1n) is 29.9. The van der Waals surface area contributed by atoms with Gasteiger partial charge in [-0.25, -0.2) is 0 Å². The fourth-order valence-corrected chi connectivity index (χ4v) is 14.0. The fraction of sp³-hybridized carbons (Fsp3) is 0.0488. The second-order valence-electron chi connectivity index (χ2n) is 23.8. The minimum absolute atomic E-state index is 0.343. The van der Waals surface area contributed by atoms with E-state index < -0.39 is 0 Å². The number of hydrogen-bond donors (Lipinski definition) is 0. The summed E-state index contributed by atoms with van der Waals surface area (Å²) in [6.45, 7) is 6.63. The minimum atomic E-state index is -0.364. The molecule has 13 aromatic rings. The highest BCUT2D eigenvalue weighted by molar-refractivity contribution is 7.01. The summed E-state index contributed by atoms with van der Waals surface area (Å²) < 4.78 is 0. The van der Waals surface area contributed by atoms with E-state index in [4.69, 9.17) is 23.2 Å². The predicted octanol–water partition coefficient (Wildman–Crippen LogP) is 21.7. The zero-order valence-electron chi connectivity index (χ0n) is 48.6. The lowest BCUT2D eigenvalue weighted by Gasteiger charge is -2.47. The quantitative estimate of drug-likeness (QED) is 0.126. The van der Waals surface area contributed by atoms with E-state index in [0.29, 0.717) is 10.0 Å². The second-order valence-corrected chi connectivity index (χ2v) is 24.7. The molecule has 0 N–H and O–H groups in total. The summed E-state index contributed by atoms with van der Waals surface area (Å²) in [4.78, 5) is 5.11. The van der Waals surface area contributed by atoms with Gasteiger partial charge in [-0.2, -0.15) is 0 Å². The summed E-state index contributed by atoms with van der Waals surface area (Å²) in [5, 5.41) is 1.29. The van der Waals surface area contributed by atoms with Crippen molar-refractivity contribution in [3.63, 3.8) is 0 Å². The second kappa shape index (κ2) is 22.2. The molecule has 0 radical (unpaired) electrons. The van der Waals surface area contributed by atoms with Crippen molar-refractivity contribution >= 4 is 80.4 Å². The molecule has 0 atom stereocenters. The maximum Gasteiger partial charge on any atom is 0.252 e. The summed E-state index contributed by atoms with van der Waals surface area (Å²) in [5.74, 6) is 0. The molecule has 0 aliphatic carbocycles. The number of hydrogen-bond acceptors (Lipinski definition) is 2. The van der Waals surface area contributed by atoms with Crippen LogP contribution in [0.1, 0.15) is 26.3 Å². The molecule has 2 aliphatic heterocycles. The van der Waals surface area contributed by atoms with Crippen LogP contribution in [0.25, 0.3) is 89.0 Å². The Morgan fingerprint density at radius 1 is 0.264 bits per heavy atom. The molecule has 13 aromatic carbocycles. The van der Waals surface area contributed by atoms with Gasteiger partial charge in [-0.3, -0.25) is 0 Å². The van der Waals surface area contributed by atoms with Crippen molar-refractivity contribution in [1.82, 2.24) is 0 Å². The molecule has 0 unspecified atom stereocenters. The van der Waals surface area contributed by atoms with Crippen molar-refractivity contribution < 1.29 is 0 Å². The summed E-state index contributed by atoms with van der Waals surface area (Å²) in [7, 11) is 0. The molecule has 15 rings (SSSR count). The maximum atomic E-state index is 8.32. The molecule has 2 aliphatic rings. The van der Waals surface area contributed by atoms with Crippen molar-refractivity contribution in [3.8, 4) is 89.0 Å². The number of rotatable bonds is 10. The highest BCUT2D eigenvalue weighted by Gasteiger charge is 2.47. The normalized spacial score (nSPS) is 12.4. The Labute approximate surface area is 521 Å². The van der Waals surface area contributed by atoms with Gasteiger partial charge in [-0.05, 0) is 143 Å². The van der Waals surface area contributed by atoms with Crippen molar-refractivity contribution in [2.24, 2.45) is 0 Å². The summed E-state index contributed by atoms with van der Waals surface area (Å²) in [6.07, 6.45) is 0. The molecule has 0 aromatic heterocycles. The fourth-order valence-electron chi connectivity index (χ4n) is 13.3. The first kappa shape index (κ1) is 53.8. The van der Waals surface area contributed by atoms with Gasteiger partial charge in [-0.15, -0.1) is 0 Å². The Morgan fingerprint density at radius 2 is 0.506 bits per heavy atom. The van der Waals surface area contributed by atoms with Gasteiger partial charge in [-0.1, -0.05) is 299 Å². The summed E-state index contributed by atoms with van der Waals surface area (Å²) >= 11 is 16.6. The van der Waals surface area contributed by atoms with Gasteiger partial charge in [0, 0.05) is 33.6 Å².